The fraction of sp³-hybridized carbons (Fsp3) is 0.900. The first-order valence-corrected chi connectivity index (χ1v) is 5.24. The Morgan fingerprint density at radius 2 is 2.13 bits per heavy atom. The first kappa shape index (κ1) is 12.4. The van der Waals surface area contributed by atoms with Crippen LogP contribution in [0.3, 0.4) is 0 Å². The van der Waals surface area contributed by atoms with E-state index in [1.54, 1.807) is 6.92 Å². The van der Waals surface area contributed by atoms with Gasteiger partial charge in [0.25, 0.3) is 0 Å². The van der Waals surface area contributed by atoms with Gasteiger partial charge in [-0.05, 0) is 26.8 Å². The number of carboxylic acid groups (broad SMARTS) is 1. The average molecular weight is 216 g/mol. The van der Waals surface area contributed by atoms with Crippen molar-refractivity contribution in [1.82, 2.24) is 4.90 Å². The van der Waals surface area contributed by atoms with E-state index in [0.29, 0.717) is 12.6 Å². The van der Waals surface area contributed by atoms with Crippen LogP contribution in [0.25, 0.3) is 0 Å². The van der Waals surface area contributed by atoms with Crippen LogP contribution in [-0.4, -0.2) is 54.4 Å². The maximum absolute atomic E-state index is 10.9. The molecule has 5 nitrogen and oxygen atoms in total. The number of nitrogens with two attached hydrogens (primary N) is 1. The molecule has 5 heteroatoms. The van der Waals surface area contributed by atoms with Crippen molar-refractivity contribution in [2.45, 2.75) is 31.3 Å². The summed E-state index contributed by atoms with van der Waals surface area (Å²) >= 11 is 0. The Labute approximate surface area is 90.2 Å². The number of ether oxygens (including phenoxy) is 1. The minimum absolute atomic E-state index is 0.368. The third kappa shape index (κ3) is 3.44. The summed E-state index contributed by atoms with van der Waals surface area (Å²) in [7, 11) is 1.92. The molecule has 0 spiro atoms. The molecule has 1 saturated heterocycles. The quantitative estimate of drug-likeness (QED) is 0.686. The molecule has 0 aliphatic carbocycles. The molecule has 1 aliphatic heterocycles. The first-order valence-electron chi connectivity index (χ1n) is 5.24. The maximum atomic E-state index is 10.9. The molecule has 0 aromatic heterocycles. The Bertz CT molecular complexity index is 225. The standard InChI is InChI=1S/C10H20N2O3/c1-10(11,9(13)14)7-12(2)8-3-5-15-6-4-8/h8H,3-7,11H2,1-2H3,(H,13,14). The molecule has 0 amide bonds. The van der Waals surface area contributed by atoms with Gasteiger partial charge in [-0.3, -0.25) is 4.79 Å². The summed E-state index contributed by atoms with van der Waals surface area (Å²) in [4.78, 5) is 12.9. The predicted molar refractivity (Wildman–Crippen MR) is 56.7 cm³/mol. The largest absolute Gasteiger partial charge is 0.480 e. The molecule has 1 heterocycles. The lowest BCUT2D eigenvalue weighted by Gasteiger charge is -2.34. The third-order valence-electron chi connectivity index (χ3n) is 2.88. The highest BCUT2D eigenvalue weighted by Gasteiger charge is 2.31. The van der Waals surface area contributed by atoms with Crippen molar-refractivity contribution in [3.05, 3.63) is 0 Å². The van der Waals surface area contributed by atoms with Gasteiger partial charge in [-0.25, -0.2) is 0 Å². The number of likely N-dealkylation sites (N-methyl/N-ethyl adjacent to an activating group) is 1. The average Bonchev–Trinajstić information content (AvgIpc) is 2.18. The van der Waals surface area contributed by atoms with Crippen molar-refractivity contribution in [2.75, 3.05) is 26.8 Å². The number of hydrogen-bond acceptors (Lipinski definition) is 4. The lowest BCUT2D eigenvalue weighted by atomic mass is 10.0. The van der Waals surface area contributed by atoms with Crippen molar-refractivity contribution in [2.24, 2.45) is 5.73 Å². The molecule has 1 atom stereocenters. The molecule has 0 aromatic rings. The van der Waals surface area contributed by atoms with Gasteiger partial charge in [0.1, 0.15) is 5.54 Å². The molecule has 88 valence electrons. The number of hydrogen-bond donors (Lipinski definition) is 2. The van der Waals surface area contributed by atoms with E-state index in [0.717, 1.165) is 26.1 Å². The zero-order valence-electron chi connectivity index (χ0n) is 9.40. The highest BCUT2D eigenvalue weighted by Crippen LogP contribution is 2.14. The van der Waals surface area contributed by atoms with Crippen molar-refractivity contribution in [3.8, 4) is 0 Å². The SMILES string of the molecule is CN(CC(C)(N)C(=O)O)C1CCOCC1. The summed E-state index contributed by atoms with van der Waals surface area (Å²) in [5, 5.41) is 8.91. The molecule has 0 bridgehead atoms. The fourth-order valence-corrected chi connectivity index (χ4v) is 1.84. The van der Waals surface area contributed by atoms with E-state index >= 15 is 0 Å². The number of rotatable bonds is 4. The lowest BCUT2D eigenvalue weighted by molar-refractivity contribution is -0.143. The molecule has 1 unspecified atom stereocenters. The fourth-order valence-electron chi connectivity index (χ4n) is 1.84. The van der Waals surface area contributed by atoms with E-state index in [-0.39, 0.29) is 0 Å². The minimum Gasteiger partial charge on any atom is -0.480 e. The first-order chi connectivity index (χ1) is 6.93. The van der Waals surface area contributed by atoms with Gasteiger partial charge in [0, 0.05) is 25.8 Å². The smallest absolute Gasteiger partial charge is 0.324 e. The molecular weight excluding hydrogens is 196 g/mol. The summed E-state index contributed by atoms with van der Waals surface area (Å²) in [6, 6.07) is 0.390. The van der Waals surface area contributed by atoms with E-state index in [1.165, 1.54) is 0 Å². The van der Waals surface area contributed by atoms with E-state index in [1.807, 2.05) is 11.9 Å². The summed E-state index contributed by atoms with van der Waals surface area (Å²) in [5.74, 6) is -0.957. The van der Waals surface area contributed by atoms with Crippen LogP contribution in [0, 0.1) is 0 Å². The number of nitrogens with zero attached hydrogens (tertiary/aromatic N) is 1. The number of carbonyl (C=O) groups is 1. The summed E-state index contributed by atoms with van der Waals surface area (Å²) in [5.41, 5.74) is 4.52. The Morgan fingerprint density at radius 3 is 2.60 bits per heavy atom. The van der Waals surface area contributed by atoms with Gasteiger partial charge in [-0.1, -0.05) is 0 Å². The Hall–Kier alpha value is -0.650. The van der Waals surface area contributed by atoms with Crippen molar-refractivity contribution >= 4 is 5.97 Å². The van der Waals surface area contributed by atoms with Crippen molar-refractivity contribution < 1.29 is 14.6 Å². The van der Waals surface area contributed by atoms with Crippen LogP contribution in [0.2, 0.25) is 0 Å². The van der Waals surface area contributed by atoms with E-state index in [2.05, 4.69) is 0 Å². The molecule has 15 heavy (non-hydrogen) atoms. The van der Waals surface area contributed by atoms with E-state index < -0.39 is 11.5 Å². The van der Waals surface area contributed by atoms with Gasteiger partial charge in [0.05, 0.1) is 0 Å². The molecule has 1 fully saturated rings. The van der Waals surface area contributed by atoms with Gasteiger partial charge in [-0.2, -0.15) is 0 Å². The Balaban J connectivity index is 2.46. The molecule has 1 aliphatic rings. The normalized spacial score (nSPS) is 22.7. The second-order valence-electron chi connectivity index (χ2n) is 4.48. The predicted octanol–water partition coefficient (Wildman–Crippen LogP) is -0.101. The maximum Gasteiger partial charge on any atom is 0.324 e. The second kappa shape index (κ2) is 4.92. The number of carboxylic acids is 1. The molecular formula is C10H20N2O3. The lowest BCUT2D eigenvalue weighted by Crippen LogP contribution is -2.55. The van der Waals surface area contributed by atoms with Gasteiger partial charge >= 0.3 is 5.97 Å². The monoisotopic (exact) mass is 216 g/mol. The van der Waals surface area contributed by atoms with Crippen LogP contribution in [-0.2, 0) is 9.53 Å². The summed E-state index contributed by atoms with van der Waals surface area (Å²) < 4.78 is 5.25. The highest BCUT2D eigenvalue weighted by molar-refractivity contribution is 5.78. The second-order valence-corrected chi connectivity index (χ2v) is 4.48. The van der Waals surface area contributed by atoms with Gasteiger partial charge in [0.2, 0.25) is 0 Å². The Morgan fingerprint density at radius 1 is 1.60 bits per heavy atom. The van der Waals surface area contributed by atoms with E-state index in [9.17, 15) is 4.79 Å². The molecule has 0 radical (unpaired) electrons. The molecule has 1 rings (SSSR count). The molecule has 3 N–H and O–H groups in total. The zero-order chi connectivity index (χ0) is 11.5. The third-order valence-corrected chi connectivity index (χ3v) is 2.88. The topological polar surface area (TPSA) is 75.8 Å². The van der Waals surface area contributed by atoms with Crippen molar-refractivity contribution in [3.63, 3.8) is 0 Å². The van der Waals surface area contributed by atoms with E-state index in [4.69, 9.17) is 15.6 Å². The summed E-state index contributed by atoms with van der Waals surface area (Å²) in [6.45, 7) is 3.42. The van der Waals surface area contributed by atoms with Crippen LogP contribution < -0.4 is 5.73 Å². The Kier molecular flexibility index (Phi) is 4.07. The van der Waals surface area contributed by atoms with Crippen molar-refractivity contribution in [1.29, 1.82) is 0 Å². The van der Waals surface area contributed by atoms with Crippen LogP contribution >= 0.6 is 0 Å². The van der Waals surface area contributed by atoms with Crippen LogP contribution in [0.15, 0.2) is 0 Å². The van der Waals surface area contributed by atoms with Crippen LogP contribution in [0.5, 0.6) is 0 Å². The van der Waals surface area contributed by atoms with Gasteiger partial charge in [-0.15, -0.1) is 0 Å². The van der Waals surface area contributed by atoms with Gasteiger partial charge in [0.15, 0.2) is 0 Å². The van der Waals surface area contributed by atoms with Crippen LogP contribution in [0.4, 0.5) is 0 Å². The van der Waals surface area contributed by atoms with Crippen LogP contribution in [0.1, 0.15) is 19.8 Å². The molecule has 0 aromatic carbocycles. The number of aliphatic carboxylic acids is 1. The minimum atomic E-state index is -1.17. The summed E-state index contributed by atoms with van der Waals surface area (Å²) in [6.07, 6.45) is 1.90. The van der Waals surface area contributed by atoms with Gasteiger partial charge < -0.3 is 20.5 Å². The highest BCUT2D eigenvalue weighted by atomic mass is 16.5. The zero-order valence-corrected chi connectivity index (χ0v) is 9.40. The molecule has 0 saturated carbocycles.